The molecule has 2 aliphatic heterocycles. The number of pyridine rings is 1. The van der Waals surface area contributed by atoms with Crippen LogP contribution < -0.4 is 0 Å². The number of carbonyl (C=O) groups is 2. The molecule has 2 aliphatic rings. The van der Waals surface area contributed by atoms with Gasteiger partial charge in [-0.3, -0.25) is 9.59 Å². The number of rotatable bonds is 12. The third-order valence-electron chi connectivity index (χ3n) is 10.8. The second-order valence-electron chi connectivity index (χ2n) is 15.8. The second kappa shape index (κ2) is 15.2. The molecule has 290 valence electrons. The lowest BCUT2D eigenvalue weighted by atomic mass is 9.87. The number of aromatic nitrogens is 2. The third-order valence-corrected chi connectivity index (χ3v) is 12.5. The van der Waals surface area contributed by atoms with Gasteiger partial charge in [-0.25, -0.2) is 23.1 Å². The molecule has 4 heterocycles. The van der Waals surface area contributed by atoms with Crippen molar-refractivity contribution < 1.29 is 27.5 Å². The highest BCUT2D eigenvalue weighted by Crippen LogP contribution is 2.48. The number of nitrogens with zero attached hydrogens (tertiary/aromatic N) is 5. The van der Waals surface area contributed by atoms with Crippen LogP contribution in [0, 0.1) is 17.5 Å². The van der Waals surface area contributed by atoms with Gasteiger partial charge >= 0.3 is 0 Å². The van der Waals surface area contributed by atoms with Crippen LogP contribution in [0.5, 0.6) is 0 Å². The van der Waals surface area contributed by atoms with Gasteiger partial charge in [-0.1, -0.05) is 98.5 Å². The summed E-state index contributed by atoms with van der Waals surface area (Å²) in [6.07, 6.45) is 0.262. The number of carbonyl (C=O) groups excluding carboxylic acids is 2. The van der Waals surface area contributed by atoms with Crippen molar-refractivity contribution in [2.75, 3.05) is 13.2 Å². The minimum absolute atomic E-state index is 0.0492. The first-order chi connectivity index (χ1) is 27.4. The summed E-state index contributed by atoms with van der Waals surface area (Å²) < 4.78 is 52.7. The van der Waals surface area contributed by atoms with Gasteiger partial charge in [-0.2, -0.15) is 0 Å². The SMILES string of the molecule is C[Si](C)(C)CCOCn1c(CN2C(=O)c3cc(F)ccc3[C@]23CCN(Cc2ccc(F)cc2)C3=O)cc2nc(N=C(c3ccccc3)c3ccccc3)c(F)cc21. The number of hydrogen-bond donors (Lipinski definition) is 0. The van der Waals surface area contributed by atoms with E-state index in [-0.39, 0.29) is 49.3 Å². The van der Waals surface area contributed by atoms with Crippen LogP contribution in [0.15, 0.2) is 120 Å². The highest BCUT2D eigenvalue weighted by atomic mass is 28.3. The molecular formula is C45H42F3N5O3Si. The first kappa shape index (κ1) is 38.0. The van der Waals surface area contributed by atoms with E-state index in [9.17, 15) is 18.4 Å². The maximum absolute atomic E-state index is 16.3. The van der Waals surface area contributed by atoms with E-state index in [4.69, 9.17) is 14.7 Å². The van der Waals surface area contributed by atoms with Gasteiger partial charge in [0.2, 0.25) is 0 Å². The van der Waals surface area contributed by atoms with E-state index in [0.29, 0.717) is 41.2 Å². The molecule has 1 spiro atoms. The Balaban J connectivity index is 1.21. The molecule has 2 amide bonds. The zero-order valence-electron chi connectivity index (χ0n) is 32.0. The molecule has 1 saturated heterocycles. The van der Waals surface area contributed by atoms with Gasteiger partial charge in [0.25, 0.3) is 11.8 Å². The molecule has 0 N–H and O–H groups in total. The standard InChI is InChI=1S/C45H42F3N5O3Si/c1-57(2,3)23-22-56-29-52-35(25-39-40(52)26-38(48)42(49-39)50-41(31-10-6-4-7-11-31)32-12-8-5-9-13-32)28-53-43(54)36-24-34(47)18-19-37(36)45(53)20-21-51(44(45)55)27-30-14-16-33(46)17-15-30/h4-19,24-26H,20-23,27-29H2,1-3H3/t45-/m0/s1. The van der Waals surface area contributed by atoms with Crippen LogP contribution in [0.1, 0.15) is 44.7 Å². The Morgan fingerprint density at radius 1 is 0.825 bits per heavy atom. The second-order valence-corrected chi connectivity index (χ2v) is 21.5. The molecule has 57 heavy (non-hydrogen) atoms. The molecular weight excluding hydrogens is 744 g/mol. The van der Waals surface area contributed by atoms with Crippen molar-refractivity contribution >= 4 is 42.5 Å². The zero-order chi connectivity index (χ0) is 39.9. The maximum atomic E-state index is 16.3. The Labute approximate surface area is 330 Å². The molecule has 1 atom stereocenters. The van der Waals surface area contributed by atoms with Crippen molar-refractivity contribution in [3.63, 3.8) is 0 Å². The largest absolute Gasteiger partial charge is 0.361 e. The fourth-order valence-corrected chi connectivity index (χ4v) is 8.56. The highest BCUT2D eigenvalue weighted by Gasteiger charge is 2.59. The monoisotopic (exact) mass is 785 g/mol. The molecule has 0 unspecified atom stereocenters. The van der Waals surface area contributed by atoms with Crippen LogP contribution in [0.2, 0.25) is 25.7 Å². The molecule has 1 fully saturated rings. The number of halogens is 3. The van der Waals surface area contributed by atoms with E-state index >= 15 is 4.39 Å². The lowest BCUT2D eigenvalue weighted by Gasteiger charge is -2.34. The summed E-state index contributed by atoms with van der Waals surface area (Å²) in [6, 6.07) is 33.0. The quantitative estimate of drug-likeness (QED) is 0.0705. The summed E-state index contributed by atoms with van der Waals surface area (Å²) in [5, 5.41) is 0. The average molecular weight is 786 g/mol. The fourth-order valence-electron chi connectivity index (χ4n) is 7.80. The number of hydrogen-bond acceptors (Lipinski definition) is 5. The topological polar surface area (TPSA) is 80.0 Å². The third kappa shape index (κ3) is 7.42. The summed E-state index contributed by atoms with van der Waals surface area (Å²) in [5.41, 5.74) is 3.44. The molecule has 2 aromatic heterocycles. The van der Waals surface area contributed by atoms with Crippen LogP contribution in [0.25, 0.3) is 11.0 Å². The highest BCUT2D eigenvalue weighted by molar-refractivity contribution is 6.76. The summed E-state index contributed by atoms with van der Waals surface area (Å²) in [6.45, 7) is 7.76. The van der Waals surface area contributed by atoms with Crippen LogP contribution in [0.4, 0.5) is 19.0 Å². The Morgan fingerprint density at radius 2 is 1.49 bits per heavy atom. The van der Waals surface area contributed by atoms with E-state index < -0.39 is 31.2 Å². The summed E-state index contributed by atoms with van der Waals surface area (Å²) >= 11 is 0. The van der Waals surface area contributed by atoms with E-state index in [1.165, 1.54) is 41.3 Å². The number of benzene rings is 4. The van der Waals surface area contributed by atoms with E-state index in [0.717, 1.165) is 22.7 Å². The lowest BCUT2D eigenvalue weighted by molar-refractivity contribution is -0.137. The maximum Gasteiger partial charge on any atom is 0.255 e. The van der Waals surface area contributed by atoms with Gasteiger partial charge in [0.15, 0.2) is 17.2 Å². The molecule has 0 aliphatic carbocycles. The Kier molecular flexibility index (Phi) is 10.2. The molecule has 0 saturated carbocycles. The Hall–Kier alpha value is -5.85. The smallest absolute Gasteiger partial charge is 0.255 e. The van der Waals surface area contributed by atoms with Crippen LogP contribution in [0.3, 0.4) is 0 Å². The molecule has 12 heteroatoms. The van der Waals surface area contributed by atoms with Crippen LogP contribution >= 0.6 is 0 Å². The number of likely N-dealkylation sites (tertiary alicyclic amines) is 1. The van der Waals surface area contributed by atoms with Crippen molar-refractivity contribution in [3.8, 4) is 0 Å². The lowest BCUT2D eigenvalue weighted by Crippen LogP contribution is -2.49. The molecule has 4 aromatic carbocycles. The Bertz CT molecular complexity index is 2460. The van der Waals surface area contributed by atoms with Gasteiger partial charge in [0.1, 0.15) is 18.4 Å². The van der Waals surface area contributed by atoms with Gasteiger partial charge < -0.3 is 19.1 Å². The number of ether oxygens (including phenoxy) is 1. The first-order valence-electron chi connectivity index (χ1n) is 19.0. The van der Waals surface area contributed by atoms with Gasteiger partial charge in [-0.05, 0) is 41.9 Å². The van der Waals surface area contributed by atoms with E-state index in [1.807, 2.05) is 60.7 Å². The van der Waals surface area contributed by atoms with Crippen molar-refractivity contribution in [1.82, 2.24) is 19.4 Å². The molecule has 0 bridgehead atoms. The minimum atomic E-state index is -1.45. The van der Waals surface area contributed by atoms with Crippen molar-refractivity contribution in [1.29, 1.82) is 0 Å². The average Bonchev–Trinajstić information content (AvgIpc) is 3.78. The predicted molar refractivity (Wildman–Crippen MR) is 216 cm³/mol. The predicted octanol–water partition coefficient (Wildman–Crippen LogP) is 9.22. The zero-order valence-corrected chi connectivity index (χ0v) is 33.0. The van der Waals surface area contributed by atoms with Gasteiger partial charge in [0.05, 0.1) is 23.3 Å². The van der Waals surface area contributed by atoms with Gasteiger partial charge in [0, 0.05) is 68.2 Å². The summed E-state index contributed by atoms with van der Waals surface area (Å²) in [4.78, 5) is 41.7. The fraction of sp³-hybridized carbons (Fsp3) is 0.244. The number of amides is 2. The van der Waals surface area contributed by atoms with Crippen molar-refractivity contribution in [2.45, 2.75) is 57.5 Å². The Morgan fingerprint density at radius 3 is 2.16 bits per heavy atom. The van der Waals surface area contributed by atoms with Crippen molar-refractivity contribution in [3.05, 3.63) is 166 Å². The molecule has 0 radical (unpaired) electrons. The van der Waals surface area contributed by atoms with Crippen LogP contribution in [-0.2, 0) is 34.9 Å². The van der Waals surface area contributed by atoms with E-state index in [1.54, 1.807) is 27.7 Å². The molecule has 8 rings (SSSR count). The molecule has 6 aromatic rings. The van der Waals surface area contributed by atoms with E-state index in [2.05, 4.69) is 19.6 Å². The number of fused-ring (bicyclic) bond motifs is 3. The number of aliphatic imine (C=N–C) groups is 1. The van der Waals surface area contributed by atoms with Crippen molar-refractivity contribution in [2.24, 2.45) is 4.99 Å². The first-order valence-corrected chi connectivity index (χ1v) is 22.7. The molecule has 8 nitrogen and oxygen atoms in total. The summed E-state index contributed by atoms with van der Waals surface area (Å²) in [7, 11) is -1.45. The summed E-state index contributed by atoms with van der Waals surface area (Å²) in [5.74, 6) is -2.51. The normalized spacial score (nSPS) is 16.6. The van der Waals surface area contributed by atoms with Gasteiger partial charge in [-0.15, -0.1) is 0 Å². The van der Waals surface area contributed by atoms with Crippen LogP contribution in [-0.4, -0.2) is 58.1 Å². The minimum Gasteiger partial charge on any atom is -0.361 e.